The Bertz CT molecular complexity index is 587. The van der Waals surface area contributed by atoms with Crippen LogP contribution in [0.25, 0.3) is 0 Å². The van der Waals surface area contributed by atoms with Crippen LogP contribution in [-0.2, 0) is 16.0 Å². The zero-order valence-electron chi connectivity index (χ0n) is 12.2. The number of ether oxygens (including phenoxy) is 1. The molecule has 1 atom stereocenters. The van der Waals surface area contributed by atoms with E-state index in [0.717, 1.165) is 6.07 Å². The van der Waals surface area contributed by atoms with Gasteiger partial charge in [-0.25, -0.2) is 14.0 Å². The minimum absolute atomic E-state index is 0.0843. The highest BCUT2D eigenvalue weighted by Crippen LogP contribution is 2.29. The van der Waals surface area contributed by atoms with E-state index in [2.05, 4.69) is 5.32 Å². The molecular weight excluding hydrogens is 336 g/mol. The number of hydrogen-bond donors (Lipinski definition) is 2. The van der Waals surface area contributed by atoms with Crippen LogP contribution in [0.2, 0.25) is 10.0 Å². The highest BCUT2D eigenvalue weighted by atomic mass is 35.5. The van der Waals surface area contributed by atoms with Gasteiger partial charge in [0.05, 0.1) is 10.0 Å². The van der Waals surface area contributed by atoms with E-state index in [-0.39, 0.29) is 22.0 Å². The van der Waals surface area contributed by atoms with Crippen LogP contribution in [0.15, 0.2) is 12.1 Å². The second-order valence-electron chi connectivity index (χ2n) is 5.56. The van der Waals surface area contributed by atoms with E-state index in [0.29, 0.717) is 0 Å². The lowest BCUT2D eigenvalue weighted by atomic mass is 10.1. The zero-order chi connectivity index (χ0) is 17.1. The number of carbonyl (C=O) groups excluding carboxylic acids is 1. The number of nitrogens with one attached hydrogen (secondary N) is 1. The van der Waals surface area contributed by atoms with Crippen molar-refractivity contribution in [3.05, 3.63) is 33.6 Å². The van der Waals surface area contributed by atoms with Crippen LogP contribution in [0.3, 0.4) is 0 Å². The number of carboxylic acids is 1. The highest BCUT2D eigenvalue weighted by Gasteiger charge is 2.26. The molecule has 0 saturated carbocycles. The first-order valence-electron chi connectivity index (χ1n) is 6.36. The molecule has 0 aromatic heterocycles. The molecule has 0 radical (unpaired) electrons. The van der Waals surface area contributed by atoms with E-state index >= 15 is 0 Å². The summed E-state index contributed by atoms with van der Waals surface area (Å²) in [5, 5.41) is 11.3. The number of rotatable bonds is 4. The Kier molecular flexibility index (Phi) is 6.02. The van der Waals surface area contributed by atoms with Crippen LogP contribution in [0.1, 0.15) is 26.3 Å². The lowest BCUT2D eigenvalue weighted by Gasteiger charge is -2.22. The molecule has 0 saturated heterocycles. The van der Waals surface area contributed by atoms with E-state index in [1.807, 2.05) is 0 Å². The van der Waals surface area contributed by atoms with Crippen molar-refractivity contribution in [2.24, 2.45) is 0 Å². The molecule has 5 nitrogen and oxygen atoms in total. The van der Waals surface area contributed by atoms with Gasteiger partial charge in [-0.15, -0.1) is 0 Å². The normalized spacial score (nSPS) is 12.6. The molecule has 1 rings (SSSR count). The predicted molar refractivity (Wildman–Crippen MR) is 80.9 cm³/mol. The van der Waals surface area contributed by atoms with Gasteiger partial charge in [-0.2, -0.15) is 0 Å². The summed E-state index contributed by atoms with van der Waals surface area (Å²) in [6.07, 6.45) is -1.28. The van der Waals surface area contributed by atoms with E-state index in [1.165, 1.54) is 6.07 Å². The largest absolute Gasteiger partial charge is 0.480 e. The maximum atomic E-state index is 13.8. The lowest BCUT2D eigenvalue weighted by Crippen LogP contribution is -2.44. The molecule has 0 aliphatic rings. The first-order chi connectivity index (χ1) is 10.0. The van der Waals surface area contributed by atoms with Crippen molar-refractivity contribution in [1.29, 1.82) is 0 Å². The second kappa shape index (κ2) is 7.15. The SMILES string of the molecule is CC(C)(C)OC(=O)NC(Cc1c(F)ccc(Cl)c1Cl)C(=O)O. The van der Waals surface area contributed by atoms with E-state index in [1.54, 1.807) is 20.8 Å². The maximum absolute atomic E-state index is 13.8. The van der Waals surface area contributed by atoms with E-state index < -0.39 is 29.5 Å². The molecule has 0 fully saturated rings. The molecule has 0 aliphatic heterocycles. The van der Waals surface area contributed by atoms with Crippen molar-refractivity contribution in [3.8, 4) is 0 Å². The molecule has 1 amide bonds. The molecule has 22 heavy (non-hydrogen) atoms. The molecule has 0 bridgehead atoms. The van der Waals surface area contributed by atoms with Gasteiger partial charge in [0.15, 0.2) is 0 Å². The van der Waals surface area contributed by atoms with Gasteiger partial charge >= 0.3 is 12.1 Å². The molecule has 1 aromatic carbocycles. The summed E-state index contributed by atoms with van der Waals surface area (Å²) in [7, 11) is 0. The van der Waals surface area contributed by atoms with Crippen LogP contribution < -0.4 is 5.32 Å². The van der Waals surface area contributed by atoms with E-state index in [9.17, 15) is 14.0 Å². The minimum atomic E-state index is -1.40. The maximum Gasteiger partial charge on any atom is 0.408 e. The van der Waals surface area contributed by atoms with Gasteiger partial charge in [0.1, 0.15) is 17.5 Å². The fourth-order valence-electron chi connectivity index (χ4n) is 1.61. The molecule has 0 heterocycles. The van der Waals surface area contributed by atoms with Crippen molar-refractivity contribution in [3.63, 3.8) is 0 Å². The first-order valence-corrected chi connectivity index (χ1v) is 7.11. The Morgan fingerprint density at radius 2 is 1.95 bits per heavy atom. The molecule has 122 valence electrons. The summed E-state index contributed by atoms with van der Waals surface area (Å²) >= 11 is 11.7. The number of hydrogen-bond acceptors (Lipinski definition) is 3. The van der Waals surface area contributed by atoms with Crippen molar-refractivity contribution in [2.75, 3.05) is 0 Å². The summed E-state index contributed by atoms with van der Waals surface area (Å²) in [5.41, 5.74) is -0.871. The lowest BCUT2D eigenvalue weighted by molar-refractivity contribution is -0.139. The number of carboxylic acid groups (broad SMARTS) is 1. The Morgan fingerprint density at radius 3 is 2.45 bits per heavy atom. The summed E-state index contributed by atoms with van der Waals surface area (Å²) < 4.78 is 18.8. The Labute approximate surface area is 137 Å². The molecule has 0 spiro atoms. The summed E-state index contributed by atoms with van der Waals surface area (Å²) in [5.74, 6) is -2.05. The van der Waals surface area contributed by atoms with Crippen molar-refractivity contribution >= 4 is 35.3 Å². The van der Waals surface area contributed by atoms with Gasteiger partial charge in [0, 0.05) is 12.0 Å². The number of benzene rings is 1. The van der Waals surface area contributed by atoms with Crippen LogP contribution in [0.5, 0.6) is 0 Å². The molecule has 8 heteroatoms. The Hall–Kier alpha value is -1.53. The average molecular weight is 352 g/mol. The van der Waals surface area contributed by atoms with Gasteiger partial charge in [0.2, 0.25) is 0 Å². The summed E-state index contributed by atoms with van der Waals surface area (Å²) in [6, 6.07) is 0.940. The average Bonchev–Trinajstić information content (AvgIpc) is 2.35. The smallest absolute Gasteiger partial charge is 0.408 e. The highest BCUT2D eigenvalue weighted by molar-refractivity contribution is 6.42. The van der Waals surface area contributed by atoms with Crippen LogP contribution in [-0.4, -0.2) is 28.8 Å². The first kappa shape index (κ1) is 18.5. The van der Waals surface area contributed by atoms with Gasteiger partial charge in [-0.1, -0.05) is 23.2 Å². The molecule has 0 aliphatic carbocycles. The molecule has 1 aromatic rings. The molecule has 1 unspecified atom stereocenters. The number of halogens is 3. The number of alkyl carbamates (subject to hydrolysis) is 1. The molecule has 2 N–H and O–H groups in total. The topological polar surface area (TPSA) is 75.6 Å². The zero-order valence-corrected chi connectivity index (χ0v) is 13.8. The molecular formula is C14H16Cl2FNO4. The van der Waals surface area contributed by atoms with Gasteiger partial charge in [-0.3, -0.25) is 0 Å². The van der Waals surface area contributed by atoms with Crippen molar-refractivity contribution in [2.45, 2.75) is 38.8 Å². The minimum Gasteiger partial charge on any atom is -0.480 e. The number of aliphatic carboxylic acids is 1. The fraction of sp³-hybridized carbons (Fsp3) is 0.429. The summed E-state index contributed by atoms with van der Waals surface area (Å²) in [6.45, 7) is 4.90. The van der Waals surface area contributed by atoms with Crippen LogP contribution >= 0.6 is 23.2 Å². The van der Waals surface area contributed by atoms with Gasteiger partial charge in [-0.05, 0) is 32.9 Å². The van der Waals surface area contributed by atoms with E-state index in [4.69, 9.17) is 33.0 Å². The summed E-state index contributed by atoms with van der Waals surface area (Å²) in [4.78, 5) is 22.9. The van der Waals surface area contributed by atoms with Crippen LogP contribution in [0, 0.1) is 5.82 Å². The number of carbonyl (C=O) groups is 2. The van der Waals surface area contributed by atoms with Crippen LogP contribution in [0.4, 0.5) is 9.18 Å². The quantitative estimate of drug-likeness (QED) is 0.811. The van der Waals surface area contributed by atoms with Crippen molar-refractivity contribution < 1.29 is 23.8 Å². The van der Waals surface area contributed by atoms with Gasteiger partial charge in [0.25, 0.3) is 0 Å². The standard InChI is InChI=1S/C14H16Cl2FNO4/c1-14(2,3)22-13(21)18-10(12(19)20)6-7-9(17)5-4-8(15)11(7)16/h4-5,10H,6H2,1-3H3,(H,18,21)(H,19,20). The monoisotopic (exact) mass is 351 g/mol. The third kappa shape index (κ3) is 5.35. The van der Waals surface area contributed by atoms with Crippen molar-refractivity contribution in [1.82, 2.24) is 5.32 Å². The predicted octanol–water partition coefficient (Wildman–Crippen LogP) is 3.65. The third-order valence-corrected chi connectivity index (χ3v) is 3.38. The third-order valence-electron chi connectivity index (χ3n) is 2.54. The Morgan fingerprint density at radius 1 is 1.36 bits per heavy atom. The fourth-order valence-corrected chi connectivity index (χ4v) is 2.02. The second-order valence-corrected chi connectivity index (χ2v) is 6.35. The van der Waals surface area contributed by atoms with Gasteiger partial charge < -0.3 is 15.2 Å². The number of amides is 1. The Balaban J connectivity index is 2.93.